The van der Waals surface area contributed by atoms with Crippen molar-refractivity contribution in [1.29, 1.82) is 0 Å². The van der Waals surface area contributed by atoms with Gasteiger partial charge in [-0.25, -0.2) is 0 Å². The maximum Gasteiger partial charge on any atom is 0.305 e. The van der Waals surface area contributed by atoms with Crippen LogP contribution in [0.15, 0.2) is 0 Å². The van der Waals surface area contributed by atoms with Crippen molar-refractivity contribution in [3.63, 3.8) is 0 Å². The maximum absolute atomic E-state index is 11.8. The van der Waals surface area contributed by atoms with Gasteiger partial charge in [0.2, 0.25) is 0 Å². The lowest BCUT2D eigenvalue weighted by molar-refractivity contribution is -0.143. The zero-order chi connectivity index (χ0) is 21.0. The molecule has 1 fully saturated rings. The minimum absolute atomic E-state index is 0.0166. The topological polar surface area (TPSA) is 49.8 Å². The molecule has 0 unspecified atom stereocenters. The molecule has 29 heavy (non-hydrogen) atoms. The van der Waals surface area contributed by atoms with Crippen LogP contribution in [0.5, 0.6) is 0 Å². The zero-order valence-electron chi connectivity index (χ0n) is 19.3. The molecule has 172 valence electrons. The Bertz CT molecular complexity index is 369. The van der Waals surface area contributed by atoms with Crippen molar-refractivity contribution in [1.82, 2.24) is 4.90 Å². The highest BCUT2D eigenvalue weighted by Crippen LogP contribution is 2.22. The van der Waals surface area contributed by atoms with Crippen LogP contribution in [0.2, 0.25) is 0 Å². The van der Waals surface area contributed by atoms with E-state index in [2.05, 4.69) is 11.8 Å². The van der Waals surface area contributed by atoms with E-state index in [1.165, 1.54) is 77.0 Å². The molecule has 4 nitrogen and oxygen atoms in total. The number of nitrogens with zero attached hydrogens (tertiary/aromatic N) is 1. The zero-order valence-corrected chi connectivity index (χ0v) is 19.3. The average Bonchev–Trinajstić information content (AvgIpc) is 2.74. The van der Waals surface area contributed by atoms with Gasteiger partial charge in [0.15, 0.2) is 0 Å². The fraction of sp³-hybridized carbons (Fsp3) is 0.960. The maximum atomic E-state index is 11.8. The first-order valence-electron chi connectivity index (χ1n) is 12.8. The molecule has 1 saturated carbocycles. The van der Waals surface area contributed by atoms with Gasteiger partial charge in [0.1, 0.15) is 0 Å². The van der Waals surface area contributed by atoms with E-state index in [1.807, 2.05) is 0 Å². The Kier molecular flexibility index (Phi) is 17.6. The second kappa shape index (κ2) is 19.4. The van der Waals surface area contributed by atoms with Crippen molar-refractivity contribution in [3.05, 3.63) is 0 Å². The summed E-state index contributed by atoms with van der Waals surface area (Å²) in [6.07, 6.45) is 21.9. The normalized spacial score (nSPS) is 15.1. The Labute approximate surface area is 180 Å². The lowest BCUT2D eigenvalue weighted by Crippen LogP contribution is -2.39. The molecule has 0 aromatic rings. The van der Waals surface area contributed by atoms with Crippen LogP contribution in [-0.2, 0) is 9.53 Å². The minimum Gasteiger partial charge on any atom is -0.466 e. The first-order chi connectivity index (χ1) is 14.3. The monoisotopic (exact) mass is 411 g/mol. The Morgan fingerprint density at radius 1 is 0.828 bits per heavy atom. The molecule has 1 N–H and O–H groups in total. The number of unbranched alkanes of at least 4 members (excludes halogenated alkanes) is 10. The minimum atomic E-state index is -0.0166. The van der Waals surface area contributed by atoms with Crippen molar-refractivity contribution in [2.45, 2.75) is 129 Å². The largest absolute Gasteiger partial charge is 0.466 e. The Hall–Kier alpha value is -0.610. The van der Waals surface area contributed by atoms with E-state index in [1.54, 1.807) is 0 Å². The van der Waals surface area contributed by atoms with Gasteiger partial charge >= 0.3 is 5.97 Å². The van der Waals surface area contributed by atoms with Gasteiger partial charge in [-0.2, -0.15) is 0 Å². The summed E-state index contributed by atoms with van der Waals surface area (Å²) in [6.45, 7) is 4.95. The number of rotatable bonds is 19. The molecule has 1 aliphatic rings. The third-order valence-corrected chi connectivity index (χ3v) is 6.32. The van der Waals surface area contributed by atoms with E-state index < -0.39 is 0 Å². The Balaban J connectivity index is 1.91. The van der Waals surface area contributed by atoms with Crippen LogP contribution in [0, 0.1) is 0 Å². The number of hydrogen-bond acceptors (Lipinski definition) is 4. The van der Waals surface area contributed by atoms with E-state index in [-0.39, 0.29) is 12.6 Å². The molecular weight excluding hydrogens is 362 g/mol. The average molecular weight is 412 g/mol. The van der Waals surface area contributed by atoms with Crippen LogP contribution in [0.1, 0.15) is 122 Å². The fourth-order valence-corrected chi connectivity index (χ4v) is 4.48. The number of ether oxygens (including phenoxy) is 1. The van der Waals surface area contributed by atoms with Crippen molar-refractivity contribution in [3.8, 4) is 0 Å². The van der Waals surface area contributed by atoms with E-state index in [9.17, 15) is 9.90 Å². The summed E-state index contributed by atoms with van der Waals surface area (Å²) in [5.74, 6) is -0.0166. The standard InChI is InChI=1S/C25H49NO3/c1-2-3-4-5-6-7-8-9-14-19-25(28)29-23-16-11-15-20-26(21-22-27)24-17-12-10-13-18-24/h24,27H,2-23H2,1H3. The predicted molar refractivity (Wildman–Crippen MR) is 122 cm³/mol. The summed E-state index contributed by atoms with van der Waals surface area (Å²) in [6, 6.07) is 0.671. The number of aliphatic hydroxyl groups is 1. The highest BCUT2D eigenvalue weighted by molar-refractivity contribution is 5.69. The van der Waals surface area contributed by atoms with Gasteiger partial charge in [0.25, 0.3) is 0 Å². The summed E-state index contributed by atoms with van der Waals surface area (Å²) in [7, 11) is 0. The molecule has 0 bridgehead atoms. The smallest absolute Gasteiger partial charge is 0.305 e. The van der Waals surface area contributed by atoms with Gasteiger partial charge in [0.05, 0.1) is 13.2 Å². The molecule has 0 amide bonds. The van der Waals surface area contributed by atoms with Gasteiger partial charge in [-0.15, -0.1) is 0 Å². The molecule has 1 rings (SSSR count). The van der Waals surface area contributed by atoms with Gasteiger partial charge in [-0.05, 0) is 45.1 Å². The number of aliphatic hydroxyl groups excluding tert-OH is 1. The van der Waals surface area contributed by atoms with E-state index in [0.29, 0.717) is 19.1 Å². The lowest BCUT2D eigenvalue weighted by Gasteiger charge is -2.34. The molecular formula is C25H49NO3. The fourth-order valence-electron chi connectivity index (χ4n) is 4.48. The third kappa shape index (κ3) is 14.9. The first kappa shape index (κ1) is 26.4. The SMILES string of the molecule is CCCCCCCCCCCC(=O)OCCCCCN(CCO)C1CCCCC1. The third-order valence-electron chi connectivity index (χ3n) is 6.32. The molecule has 0 aromatic heterocycles. The molecule has 0 spiro atoms. The number of hydrogen-bond donors (Lipinski definition) is 1. The number of esters is 1. The van der Waals surface area contributed by atoms with Crippen LogP contribution in [0.25, 0.3) is 0 Å². The number of carbonyl (C=O) groups is 1. The lowest BCUT2D eigenvalue weighted by atomic mass is 9.94. The predicted octanol–water partition coefficient (Wildman–Crippen LogP) is 6.25. The summed E-state index contributed by atoms with van der Waals surface area (Å²) in [4.78, 5) is 14.3. The van der Waals surface area contributed by atoms with E-state index in [4.69, 9.17) is 4.74 Å². The van der Waals surface area contributed by atoms with Crippen molar-refractivity contribution in [2.75, 3.05) is 26.3 Å². The van der Waals surface area contributed by atoms with E-state index in [0.717, 1.165) is 45.2 Å². The van der Waals surface area contributed by atoms with Crippen LogP contribution in [0.3, 0.4) is 0 Å². The van der Waals surface area contributed by atoms with Crippen LogP contribution in [0.4, 0.5) is 0 Å². The summed E-state index contributed by atoms with van der Waals surface area (Å²) >= 11 is 0. The molecule has 0 radical (unpaired) electrons. The molecule has 0 aromatic carbocycles. The Morgan fingerprint density at radius 2 is 1.45 bits per heavy atom. The Morgan fingerprint density at radius 3 is 2.10 bits per heavy atom. The highest BCUT2D eigenvalue weighted by atomic mass is 16.5. The van der Waals surface area contributed by atoms with E-state index >= 15 is 0 Å². The van der Waals surface area contributed by atoms with Crippen molar-refractivity contribution < 1.29 is 14.6 Å². The van der Waals surface area contributed by atoms with Crippen LogP contribution >= 0.6 is 0 Å². The van der Waals surface area contributed by atoms with Gasteiger partial charge in [-0.1, -0.05) is 77.6 Å². The van der Waals surface area contributed by atoms with Crippen molar-refractivity contribution in [2.24, 2.45) is 0 Å². The molecule has 4 heteroatoms. The van der Waals surface area contributed by atoms with Gasteiger partial charge in [-0.3, -0.25) is 9.69 Å². The summed E-state index contributed by atoms with van der Waals surface area (Å²) < 4.78 is 5.39. The molecule has 0 saturated heterocycles. The first-order valence-corrected chi connectivity index (χ1v) is 12.8. The highest BCUT2D eigenvalue weighted by Gasteiger charge is 2.20. The van der Waals surface area contributed by atoms with Crippen LogP contribution in [-0.4, -0.2) is 48.3 Å². The van der Waals surface area contributed by atoms with Gasteiger partial charge < -0.3 is 9.84 Å². The quantitative estimate of drug-likeness (QED) is 0.202. The molecule has 0 aliphatic heterocycles. The number of carbonyl (C=O) groups excluding carboxylic acids is 1. The summed E-state index contributed by atoms with van der Waals surface area (Å²) in [5.41, 5.74) is 0. The second-order valence-electron chi connectivity index (χ2n) is 8.91. The van der Waals surface area contributed by atoms with Gasteiger partial charge in [0, 0.05) is 19.0 Å². The van der Waals surface area contributed by atoms with Crippen molar-refractivity contribution >= 4 is 5.97 Å². The summed E-state index contributed by atoms with van der Waals surface area (Å²) in [5, 5.41) is 9.33. The molecule has 1 aliphatic carbocycles. The second-order valence-corrected chi connectivity index (χ2v) is 8.91. The molecule has 0 heterocycles. The molecule has 0 atom stereocenters. The van der Waals surface area contributed by atoms with Crippen LogP contribution < -0.4 is 0 Å².